The molecule has 0 unspecified atom stereocenters. The van der Waals surface area contributed by atoms with Gasteiger partial charge in [0.2, 0.25) is 0 Å². The zero-order valence-electron chi connectivity index (χ0n) is 4.89. The molecule has 0 aliphatic rings. The monoisotopic (exact) mass is 1010 g/mol. The van der Waals surface area contributed by atoms with E-state index in [0.29, 0.717) is 0 Å². The van der Waals surface area contributed by atoms with Crippen molar-refractivity contribution in [3.8, 4) is 0 Å². The molecule has 0 N–H and O–H groups in total. The Kier molecular flexibility index (Phi) is 32.2. The van der Waals surface area contributed by atoms with Gasteiger partial charge in [-0.3, -0.25) is 0 Å². The molecule has 0 aromatic rings. The molecule has 0 spiro atoms. The van der Waals surface area contributed by atoms with Crippen molar-refractivity contribution < 1.29 is 1.33 Å². The summed E-state index contributed by atoms with van der Waals surface area (Å²) in [5, 5.41) is 0. The van der Waals surface area contributed by atoms with Crippen molar-refractivity contribution in [3.05, 3.63) is 21.3 Å². The van der Waals surface area contributed by atoms with Crippen LogP contribution in [0, 0.1) is 13.2 Å². The standard InChI is InChI=1S/2C2H2I.4HI.Pt/c2*1-2-3;;;;;/h2*1-2H;4*1H;/q2*-1;;;;;+6/p-4. The molecular weight excluding hydrogens is 1000 g/mol. The Morgan fingerprint density at radius 2 is 0.818 bits per heavy atom. The zero-order chi connectivity index (χ0) is 9.91. The molecular formula is C4H4I6Pt. The summed E-state index contributed by atoms with van der Waals surface area (Å²) in [5.74, 6) is 0. The third-order valence-electron chi connectivity index (χ3n) is 0. The van der Waals surface area contributed by atoms with Crippen molar-refractivity contribution in [2.45, 2.75) is 0 Å². The molecule has 0 aliphatic carbocycles. The summed E-state index contributed by atoms with van der Waals surface area (Å²) in [4.78, 5) is 0. The van der Waals surface area contributed by atoms with Crippen LogP contribution in [0.25, 0.3) is 0 Å². The molecule has 0 fully saturated rings. The molecule has 0 heterocycles. The molecule has 0 rings (SSSR count). The van der Waals surface area contributed by atoms with E-state index in [4.69, 9.17) is 13.2 Å². The first-order valence-electron chi connectivity index (χ1n) is 1.58. The van der Waals surface area contributed by atoms with Crippen LogP contribution in [0.5, 0.6) is 0 Å². The number of rotatable bonds is 0. The Hall–Kier alpha value is 4.55. The van der Waals surface area contributed by atoms with Crippen LogP contribution in [0.4, 0.5) is 0 Å². The topological polar surface area (TPSA) is 0 Å². The summed E-state index contributed by atoms with van der Waals surface area (Å²) >= 11 is 14.0. The fourth-order valence-corrected chi connectivity index (χ4v) is 0. The van der Waals surface area contributed by atoms with Gasteiger partial charge in [-0.1, -0.05) is 45.2 Å². The molecule has 72 valence electrons. The van der Waals surface area contributed by atoms with Crippen molar-refractivity contribution in [1.82, 2.24) is 0 Å². The average Bonchev–Trinajstić information content (AvgIpc) is 1.62. The Bertz CT molecular complexity index is 75.1. The first-order valence-corrected chi connectivity index (χ1v) is 29.8. The minimum atomic E-state index is -1.06. The van der Waals surface area contributed by atoms with Crippen LogP contribution >= 0.6 is 123 Å². The van der Waals surface area contributed by atoms with Crippen LogP contribution in [-0.2, 0) is 1.33 Å². The maximum absolute atomic E-state index is 4.71. The van der Waals surface area contributed by atoms with Crippen molar-refractivity contribution in [2.24, 2.45) is 0 Å². The molecule has 0 saturated carbocycles. The van der Waals surface area contributed by atoms with E-state index in [1.807, 2.05) is 45.2 Å². The van der Waals surface area contributed by atoms with Crippen LogP contribution in [-0.4, -0.2) is 0 Å². The molecule has 0 nitrogen and oxygen atoms in total. The van der Waals surface area contributed by atoms with Crippen LogP contribution < -0.4 is 0 Å². The van der Waals surface area contributed by atoms with Crippen LogP contribution in [0.2, 0.25) is 0 Å². The van der Waals surface area contributed by atoms with Gasteiger partial charge in [-0.05, 0) is 0 Å². The Morgan fingerprint density at radius 1 is 0.818 bits per heavy atom. The van der Waals surface area contributed by atoms with E-state index in [1.54, 1.807) is 0 Å². The normalized spacial score (nSPS) is 9.27. The quantitative estimate of drug-likeness (QED) is 0.199. The van der Waals surface area contributed by atoms with E-state index < -0.39 is 1.33 Å². The van der Waals surface area contributed by atoms with Crippen molar-refractivity contribution in [2.75, 3.05) is 0 Å². The van der Waals surface area contributed by atoms with E-state index in [0.717, 1.165) is 0 Å². The molecule has 0 aromatic heterocycles. The van der Waals surface area contributed by atoms with Gasteiger partial charge in [-0.15, -0.1) is 0 Å². The summed E-state index contributed by atoms with van der Waals surface area (Å²) in [6.07, 6.45) is 0. The second-order valence-electron chi connectivity index (χ2n) is 0.523. The predicted molar refractivity (Wildman–Crippen MR) is 102 cm³/mol. The van der Waals surface area contributed by atoms with Crippen LogP contribution in [0.15, 0.2) is 8.17 Å². The van der Waals surface area contributed by atoms with Crippen molar-refractivity contribution in [1.29, 1.82) is 0 Å². The third kappa shape index (κ3) is 111. The molecule has 7 heteroatoms. The maximum atomic E-state index is 4.71. The van der Waals surface area contributed by atoms with E-state index >= 15 is 0 Å². The minimum absolute atomic E-state index is 1.06. The fraction of sp³-hybridized carbons (Fsp3) is 0. The van der Waals surface area contributed by atoms with Crippen molar-refractivity contribution >= 4 is 123 Å². The Balaban J connectivity index is -0.0000000933. The summed E-state index contributed by atoms with van der Waals surface area (Å²) in [6, 6.07) is 0. The predicted octanol–water partition coefficient (Wildman–Crippen LogP) is 6.28. The van der Waals surface area contributed by atoms with Crippen molar-refractivity contribution in [3.63, 3.8) is 0 Å². The molecule has 11 heavy (non-hydrogen) atoms. The molecule has 0 amide bonds. The van der Waals surface area contributed by atoms with Gasteiger partial charge in [0.05, 0.1) is 0 Å². The first-order chi connectivity index (χ1) is 4.83. The average molecular weight is 1010 g/mol. The molecule has 0 saturated heterocycles. The fourth-order valence-electron chi connectivity index (χ4n) is 0. The molecule has 0 aromatic carbocycles. The van der Waals surface area contributed by atoms with Gasteiger partial charge in [0, 0.05) is 0 Å². The molecule has 0 atom stereocenters. The number of hydrogen-bond donors (Lipinski definition) is 0. The van der Waals surface area contributed by atoms with E-state index in [2.05, 4.69) is 77.4 Å². The summed E-state index contributed by atoms with van der Waals surface area (Å²) in [7, 11) is 0. The van der Waals surface area contributed by atoms with Crippen LogP contribution in [0.3, 0.4) is 0 Å². The van der Waals surface area contributed by atoms with Gasteiger partial charge in [-0.25, -0.2) is 8.17 Å². The Labute approximate surface area is 141 Å². The van der Waals surface area contributed by atoms with Gasteiger partial charge in [0.25, 0.3) is 0 Å². The second kappa shape index (κ2) is 17.0. The molecule has 0 bridgehead atoms. The summed E-state index contributed by atoms with van der Waals surface area (Å²) < 4.78 is 1.88. The summed E-state index contributed by atoms with van der Waals surface area (Å²) in [5.41, 5.74) is 0. The van der Waals surface area contributed by atoms with Gasteiger partial charge >= 0.3 is 78.7 Å². The SMILES string of the molecule is [CH-]=CI.[CH-]=CI.[I][Pt+2]([I])([I])[I]. The number of halogens is 6. The second-order valence-corrected chi connectivity index (χ2v) is 102. The molecule has 0 radical (unpaired) electrons. The van der Waals surface area contributed by atoms with Gasteiger partial charge < -0.3 is 13.2 Å². The summed E-state index contributed by atoms with van der Waals surface area (Å²) in [6.45, 7) is 9.42. The van der Waals surface area contributed by atoms with Crippen LogP contribution in [0.1, 0.15) is 0 Å². The van der Waals surface area contributed by atoms with E-state index in [1.165, 1.54) is 8.17 Å². The zero-order valence-corrected chi connectivity index (χ0v) is 20.1. The third-order valence-corrected chi connectivity index (χ3v) is 0. The van der Waals surface area contributed by atoms with E-state index in [-0.39, 0.29) is 0 Å². The first kappa shape index (κ1) is 20.9. The van der Waals surface area contributed by atoms with E-state index in [9.17, 15) is 0 Å². The Morgan fingerprint density at radius 3 is 0.818 bits per heavy atom. The van der Waals surface area contributed by atoms with Gasteiger partial charge in [-0.2, -0.15) is 0 Å². The van der Waals surface area contributed by atoms with Gasteiger partial charge in [0.15, 0.2) is 0 Å². The molecule has 0 aliphatic heterocycles. The number of hydrogen-bond acceptors (Lipinski definition) is 0. The van der Waals surface area contributed by atoms with Gasteiger partial charge in [0.1, 0.15) is 0 Å².